The van der Waals surface area contributed by atoms with E-state index in [1.807, 2.05) is 59.5 Å². The van der Waals surface area contributed by atoms with Gasteiger partial charge >= 0.3 is 0 Å². The molecule has 6 heteroatoms. The fourth-order valence-corrected chi connectivity index (χ4v) is 4.13. The second kappa shape index (κ2) is 8.89. The van der Waals surface area contributed by atoms with Gasteiger partial charge in [-0.05, 0) is 17.2 Å². The zero-order valence-electron chi connectivity index (χ0n) is 15.6. The van der Waals surface area contributed by atoms with Crippen LogP contribution in [0.5, 0.6) is 0 Å². The molecule has 1 fully saturated rings. The summed E-state index contributed by atoms with van der Waals surface area (Å²) >= 11 is 1.72. The lowest BCUT2D eigenvalue weighted by Crippen LogP contribution is -2.50. The standard InChI is InChI=1S/C22H22N4OS/c27-21(12-11-18-7-3-1-4-8-18)25-13-15-26(16-14-25)22-24-23-20(17-28-22)19-9-5-2-6-10-19/h1-12H,13-17H2/b12-11+. The molecule has 142 valence electrons. The number of rotatable bonds is 3. The number of amides is 1. The lowest BCUT2D eigenvalue weighted by atomic mass is 10.1. The average molecular weight is 391 g/mol. The number of carbonyl (C=O) groups excluding carboxylic acids is 1. The van der Waals surface area contributed by atoms with E-state index in [0.717, 1.165) is 40.8 Å². The van der Waals surface area contributed by atoms with E-state index in [0.29, 0.717) is 13.1 Å². The lowest BCUT2D eigenvalue weighted by Gasteiger charge is -2.35. The minimum Gasteiger partial charge on any atom is -0.346 e. The van der Waals surface area contributed by atoms with E-state index < -0.39 is 0 Å². The van der Waals surface area contributed by atoms with Crippen molar-refractivity contribution >= 4 is 34.6 Å². The molecule has 5 nitrogen and oxygen atoms in total. The minimum absolute atomic E-state index is 0.0612. The minimum atomic E-state index is 0.0612. The Morgan fingerprint density at radius 3 is 2.21 bits per heavy atom. The van der Waals surface area contributed by atoms with Gasteiger partial charge in [0.25, 0.3) is 0 Å². The molecule has 2 aromatic rings. The highest BCUT2D eigenvalue weighted by molar-refractivity contribution is 8.14. The van der Waals surface area contributed by atoms with Crippen LogP contribution in [0.2, 0.25) is 0 Å². The monoisotopic (exact) mass is 390 g/mol. The van der Waals surface area contributed by atoms with E-state index >= 15 is 0 Å². The van der Waals surface area contributed by atoms with Crippen LogP contribution in [0.4, 0.5) is 0 Å². The van der Waals surface area contributed by atoms with Gasteiger partial charge in [-0.15, -0.1) is 5.10 Å². The molecule has 0 unspecified atom stereocenters. The molecule has 1 saturated heterocycles. The lowest BCUT2D eigenvalue weighted by molar-refractivity contribution is -0.127. The van der Waals surface area contributed by atoms with Gasteiger partial charge in [0.15, 0.2) is 5.17 Å². The molecule has 0 radical (unpaired) electrons. The van der Waals surface area contributed by atoms with Crippen molar-refractivity contribution < 1.29 is 4.79 Å². The molecule has 2 aromatic carbocycles. The Kier molecular flexibility index (Phi) is 5.87. The van der Waals surface area contributed by atoms with Gasteiger partial charge in [-0.1, -0.05) is 72.4 Å². The summed E-state index contributed by atoms with van der Waals surface area (Å²) in [6.07, 6.45) is 3.53. The summed E-state index contributed by atoms with van der Waals surface area (Å²) in [7, 11) is 0. The number of hydrogen-bond acceptors (Lipinski definition) is 5. The molecule has 28 heavy (non-hydrogen) atoms. The van der Waals surface area contributed by atoms with Gasteiger partial charge in [-0.2, -0.15) is 5.10 Å². The van der Waals surface area contributed by atoms with Crippen molar-refractivity contribution in [3.05, 3.63) is 77.9 Å². The van der Waals surface area contributed by atoms with E-state index in [-0.39, 0.29) is 5.91 Å². The number of amidine groups is 1. The van der Waals surface area contributed by atoms with Crippen molar-refractivity contribution in [2.75, 3.05) is 31.9 Å². The highest BCUT2D eigenvalue weighted by atomic mass is 32.2. The first-order valence-corrected chi connectivity index (χ1v) is 10.4. The van der Waals surface area contributed by atoms with Gasteiger partial charge in [0, 0.05) is 38.0 Å². The van der Waals surface area contributed by atoms with Gasteiger partial charge in [-0.3, -0.25) is 4.79 Å². The highest BCUT2D eigenvalue weighted by Crippen LogP contribution is 2.19. The highest BCUT2D eigenvalue weighted by Gasteiger charge is 2.24. The van der Waals surface area contributed by atoms with Gasteiger partial charge in [-0.25, -0.2) is 0 Å². The Labute approximate surface area is 169 Å². The molecule has 2 aliphatic heterocycles. The van der Waals surface area contributed by atoms with Gasteiger partial charge in [0.05, 0.1) is 5.71 Å². The van der Waals surface area contributed by atoms with Crippen LogP contribution in [0, 0.1) is 0 Å². The molecular weight excluding hydrogens is 368 g/mol. The van der Waals surface area contributed by atoms with Crippen LogP contribution < -0.4 is 0 Å². The van der Waals surface area contributed by atoms with E-state index in [1.54, 1.807) is 17.8 Å². The third kappa shape index (κ3) is 4.51. The Morgan fingerprint density at radius 2 is 1.57 bits per heavy atom. The predicted octanol–water partition coefficient (Wildman–Crippen LogP) is 3.35. The fraction of sp³-hybridized carbons (Fsp3) is 0.227. The second-order valence-electron chi connectivity index (χ2n) is 6.64. The van der Waals surface area contributed by atoms with Crippen LogP contribution >= 0.6 is 11.8 Å². The molecule has 0 atom stereocenters. The van der Waals surface area contributed by atoms with Gasteiger partial charge in [0.1, 0.15) is 0 Å². The number of benzene rings is 2. The molecule has 0 aliphatic carbocycles. The summed E-state index contributed by atoms with van der Waals surface area (Å²) in [6.45, 7) is 2.97. The zero-order valence-corrected chi connectivity index (χ0v) is 16.4. The van der Waals surface area contributed by atoms with Crippen molar-refractivity contribution in [3.63, 3.8) is 0 Å². The maximum absolute atomic E-state index is 12.4. The molecule has 0 aromatic heterocycles. The number of piperazine rings is 1. The Morgan fingerprint density at radius 1 is 0.893 bits per heavy atom. The molecule has 2 heterocycles. The topological polar surface area (TPSA) is 48.3 Å². The first kappa shape index (κ1) is 18.5. The third-order valence-corrected chi connectivity index (χ3v) is 5.80. The maximum atomic E-state index is 12.4. The van der Waals surface area contributed by atoms with Crippen molar-refractivity contribution in [2.45, 2.75) is 0 Å². The number of hydrogen-bond donors (Lipinski definition) is 0. The predicted molar refractivity (Wildman–Crippen MR) is 117 cm³/mol. The fourth-order valence-electron chi connectivity index (χ4n) is 3.18. The summed E-state index contributed by atoms with van der Waals surface area (Å²) in [4.78, 5) is 16.5. The van der Waals surface area contributed by atoms with Crippen molar-refractivity contribution in [2.24, 2.45) is 10.2 Å². The zero-order chi connectivity index (χ0) is 19.2. The quantitative estimate of drug-likeness (QED) is 0.755. The Bertz CT molecular complexity index is 901. The molecule has 0 N–H and O–H groups in total. The molecule has 0 spiro atoms. The second-order valence-corrected chi connectivity index (χ2v) is 7.58. The SMILES string of the molecule is O=C(/C=C/c1ccccc1)N1CCN(C2=NN=C(c3ccccc3)CS2)CC1. The molecule has 4 rings (SSSR count). The molecule has 0 saturated carbocycles. The maximum Gasteiger partial charge on any atom is 0.246 e. The summed E-state index contributed by atoms with van der Waals surface area (Å²) < 4.78 is 0. The molecule has 0 bridgehead atoms. The number of carbonyl (C=O) groups is 1. The van der Waals surface area contributed by atoms with Crippen LogP contribution in [-0.4, -0.2) is 58.5 Å². The van der Waals surface area contributed by atoms with Crippen LogP contribution in [-0.2, 0) is 4.79 Å². The van der Waals surface area contributed by atoms with Crippen molar-refractivity contribution in [1.82, 2.24) is 9.80 Å². The Balaban J connectivity index is 1.32. The van der Waals surface area contributed by atoms with E-state index in [4.69, 9.17) is 0 Å². The summed E-state index contributed by atoms with van der Waals surface area (Å²) in [5.74, 6) is 0.882. The number of thioether (sulfide) groups is 1. The summed E-state index contributed by atoms with van der Waals surface area (Å²) in [6, 6.07) is 20.1. The molecule has 1 amide bonds. The first-order valence-electron chi connectivity index (χ1n) is 9.39. The van der Waals surface area contributed by atoms with E-state index in [9.17, 15) is 4.79 Å². The first-order chi connectivity index (χ1) is 13.8. The van der Waals surface area contributed by atoms with Crippen molar-refractivity contribution in [3.8, 4) is 0 Å². The smallest absolute Gasteiger partial charge is 0.246 e. The largest absolute Gasteiger partial charge is 0.346 e. The van der Waals surface area contributed by atoms with Crippen LogP contribution in [0.1, 0.15) is 11.1 Å². The van der Waals surface area contributed by atoms with Gasteiger partial charge in [0.2, 0.25) is 5.91 Å². The van der Waals surface area contributed by atoms with Crippen LogP contribution in [0.15, 0.2) is 76.9 Å². The third-order valence-electron chi connectivity index (χ3n) is 4.78. The van der Waals surface area contributed by atoms with Crippen LogP contribution in [0.25, 0.3) is 6.08 Å². The molecular formula is C22H22N4OS. The molecule has 2 aliphatic rings. The van der Waals surface area contributed by atoms with Crippen LogP contribution in [0.3, 0.4) is 0 Å². The summed E-state index contributed by atoms with van der Waals surface area (Å²) in [5, 5.41) is 9.81. The average Bonchev–Trinajstić information content (AvgIpc) is 2.79. The van der Waals surface area contributed by atoms with E-state index in [1.165, 1.54) is 0 Å². The Hall–Kier alpha value is -2.86. The summed E-state index contributed by atoms with van der Waals surface area (Å²) in [5.41, 5.74) is 3.17. The normalized spacial score (nSPS) is 17.4. The van der Waals surface area contributed by atoms with Gasteiger partial charge < -0.3 is 9.80 Å². The number of nitrogens with zero attached hydrogens (tertiary/aromatic N) is 4. The van der Waals surface area contributed by atoms with E-state index in [2.05, 4.69) is 27.2 Å². The van der Waals surface area contributed by atoms with Crippen molar-refractivity contribution in [1.29, 1.82) is 0 Å².